The first kappa shape index (κ1) is 23.0. The summed E-state index contributed by atoms with van der Waals surface area (Å²) >= 11 is 0. The Hall–Kier alpha value is -3.15. The zero-order valence-corrected chi connectivity index (χ0v) is 20.0. The van der Waals surface area contributed by atoms with Crippen LogP contribution in [0.15, 0.2) is 48.8 Å². The number of pyridine rings is 1. The van der Waals surface area contributed by atoms with Crippen molar-refractivity contribution in [1.29, 1.82) is 0 Å². The number of ketones is 1. The van der Waals surface area contributed by atoms with E-state index in [9.17, 15) is 9.59 Å². The van der Waals surface area contributed by atoms with Gasteiger partial charge in [-0.2, -0.15) is 0 Å². The Balaban J connectivity index is 1.40. The predicted molar refractivity (Wildman–Crippen MR) is 130 cm³/mol. The van der Waals surface area contributed by atoms with Gasteiger partial charge in [-0.3, -0.25) is 9.59 Å². The molecular weight excluding hydrogens is 414 g/mol. The number of likely N-dealkylation sites (tertiary alicyclic amines) is 1. The molecule has 1 fully saturated rings. The number of amides is 1. The molecule has 33 heavy (non-hydrogen) atoms. The molecule has 0 saturated carbocycles. The lowest BCUT2D eigenvalue weighted by molar-refractivity contribution is -0.136. The Kier molecular flexibility index (Phi) is 6.82. The summed E-state index contributed by atoms with van der Waals surface area (Å²) < 4.78 is 8.18. The van der Waals surface area contributed by atoms with E-state index in [1.165, 1.54) is 0 Å². The first-order valence-corrected chi connectivity index (χ1v) is 11.9. The number of Topliss-reactive ketones (excluding diaryl/α,β-unsaturated/α-hetero) is 1. The van der Waals surface area contributed by atoms with Gasteiger partial charge in [0.15, 0.2) is 0 Å². The fourth-order valence-electron chi connectivity index (χ4n) is 4.24. The van der Waals surface area contributed by atoms with E-state index >= 15 is 0 Å². The fraction of sp³-hybridized carbons (Fsp3) is 0.444. The first-order valence-electron chi connectivity index (χ1n) is 11.9. The van der Waals surface area contributed by atoms with E-state index in [-0.39, 0.29) is 29.6 Å². The van der Waals surface area contributed by atoms with E-state index < -0.39 is 0 Å². The summed E-state index contributed by atoms with van der Waals surface area (Å²) in [5, 5.41) is 1.09. The van der Waals surface area contributed by atoms with Gasteiger partial charge in [0.05, 0.1) is 11.7 Å². The molecule has 1 aliphatic heterocycles. The second-order valence-corrected chi connectivity index (χ2v) is 9.53. The zero-order chi connectivity index (χ0) is 23.5. The molecule has 0 aliphatic carbocycles. The van der Waals surface area contributed by atoms with Crippen molar-refractivity contribution in [2.75, 3.05) is 13.1 Å². The van der Waals surface area contributed by atoms with E-state index in [1.807, 2.05) is 61.6 Å². The summed E-state index contributed by atoms with van der Waals surface area (Å²) in [6.45, 7) is 9.25. The summed E-state index contributed by atoms with van der Waals surface area (Å²) in [5.74, 6) is 2.13. The maximum absolute atomic E-state index is 12.2. The third-order valence-electron chi connectivity index (χ3n) is 6.29. The van der Waals surface area contributed by atoms with Crippen LogP contribution in [-0.4, -0.2) is 45.3 Å². The standard InChI is InChI=1S/C27H33N3O3/c1-18(2)25(31)16-20-5-7-24-21(15-20)9-14-30(24)26-8-6-23(17-28-26)33-22-10-12-29(13-11-22)27(32)19(3)4/h5-9,14-15,17-19,22H,10-13,16H2,1-4H3. The number of piperidine rings is 1. The highest BCUT2D eigenvalue weighted by molar-refractivity contribution is 5.86. The topological polar surface area (TPSA) is 64.4 Å². The lowest BCUT2D eigenvalue weighted by Crippen LogP contribution is -2.43. The number of carbonyl (C=O) groups is 2. The molecular formula is C27H33N3O3. The van der Waals surface area contributed by atoms with Crippen molar-refractivity contribution in [2.45, 2.75) is 53.1 Å². The van der Waals surface area contributed by atoms with Gasteiger partial charge in [-0.15, -0.1) is 0 Å². The second-order valence-electron chi connectivity index (χ2n) is 9.53. The van der Waals surface area contributed by atoms with Crippen molar-refractivity contribution in [3.8, 4) is 11.6 Å². The predicted octanol–water partition coefficient (Wildman–Crippen LogP) is 4.82. The number of nitrogens with zero attached hydrogens (tertiary/aromatic N) is 3. The molecule has 0 atom stereocenters. The summed E-state index contributed by atoms with van der Waals surface area (Å²) in [6, 6.07) is 12.1. The van der Waals surface area contributed by atoms with Crippen LogP contribution < -0.4 is 4.74 Å². The van der Waals surface area contributed by atoms with Crippen molar-refractivity contribution < 1.29 is 14.3 Å². The number of ether oxygens (including phenoxy) is 1. The molecule has 0 spiro atoms. The average molecular weight is 448 g/mol. The van der Waals surface area contributed by atoms with Gasteiger partial charge in [-0.05, 0) is 35.9 Å². The monoisotopic (exact) mass is 447 g/mol. The summed E-state index contributed by atoms with van der Waals surface area (Å²) in [5.41, 5.74) is 2.09. The minimum absolute atomic E-state index is 0.0399. The number of hydrogen-bond donors (Lipinski definition) is 0. The van der Waals surface area contributed by atoms with Crippen LogP contribution in [0, 0.1) is 11.8 Å². The van der Waals surface area contributed by atoms with Crippen molar-refractivity contribution in [3.05, 3.63) is 54.4 Å². The number of benzene rings is 1. The second kappa shape index (κ2) is 9.77. The van der Waals surface area contributed by atoms with E-state index in [0.717, 1.165) is 54.0 Å². The molecule has 1 saturated heterocycles. The maximum Gasteiger partial charge on any atom is 0.225 e. The Morgan fingerprint density at radius 2 is 1.79 bits per heavy atom. The number of hydrogen-bond acceptors (Lipinski definition) is 4. The Morgan fingerprint density at radius 3 is 2.42 bits per heavy atom. The van der Waals surface area contributed by atoms with Gasteiger partial charge in [0.25, 0.3) is 0 Å². The maximum atomic E-state index is 12.2. The van der Waals surface area contributed by atoms with Gasteiger partial charge in [0.1, 0.15) is 23.5 Å². The minimum atomic E-state index is 0.0399. The lowest BCUT2D eigenvalue weighted by atomic mass is 10.0. The Labute approximate surface area is 195 Å². The molecule has 6 heteroatoms. The van der Waals surface area contributed by atoms with E-state index in [4.69, 9.17) is 4.74 Å². The highest BCUT2D eigenvalue weighted by Gasteiger charge is 2.25. The van der Waals surface area contributed by atoms with Gasteiger partial charge < -0.3 is 14.2 Å². The van der Waals surface area contributed by atoms with Gasteiger partial charge in [0.2, 0.25) is 5.91 Å². The molecule has 3 heterocycles. The summed E-state index contributed by atoms with van der Waals surface area (Å²) in [6.07, 6.45) is 6.01. The Bertz CT molecular complexity index is 1120. The molecule has 1 aliphatic rings. The van der Waals surface area contributed by atoms with Crippen LogP contribution in [0.1, 0.15) is 46.1 Å². The third kappa shape index (κ3) is 5.27. The highest BCUT2D eigenvalue weighted by Crippen LogP contribution is 2.24. The fourth-order valence-corrected chi connectivity index (χ4v) is 4.24. The third-order valence-corrected chi connectivity index (χ3v) is 6.29. The molecule has 0 radical (unpaired) electrons. The largest absolute Gasteiger partial charge is 0.489 e. The molecule has 1 amide bonds. The summed E-state index contributed by atoms with van der Waals surface area (Å²) in [7, 11) is 0. The molecule has 4 rings (SSSR count). The molecule has 6 nitrogen and oxygen atoms in total. The van der Waals surface area contributed by atoms with Crippen LogP contribution >= 0.6 is 0 Å². The number of aromatic nitrogens is 2. The highest BCUT2D eigenvalue weighted by atomic mass is 16.5. The lowest BCUT2D eigenvalue weighted by Gasteiger charge is -2.33. The van der Waals surface area contributed by atoms with Crippen LogP contribution in [0.25, 0.3) is 16.7 Å². The number of rotatable bonds is 7. The molecule has 174 valence electrons. The molecule has 1 aromatic carbocycles. The van der Waals surface area contributed by atoms with Crippen molar-refractivity contribution in [2.24, 2.45) is 11.8 Å². The van der Waals surface area contributed by atoms with Crippen molar-refractivity contribution in [1.82, 2.24) is 14.5 Å². The molecule has 2 aromatic heterocycles. The van der Waals surface area contributed by atoms with Crippen molar-refractivity contribution >= 4 is 22.6 Å². The molecule has 0 unspecified atom stereocenters. The Morgan fingerprint density at radius 1 is 1.03 bits per heavy atom. The van der Waals surface area contributed by atoms with Gasteiger partial charge in [0, 0.05) is 55.8 Å². The van der Waals surface area contributed by atoms with Crippen LogP contribution in [0.4, 0.5) is 0 Å². The molecule has 3 aromatic rings. The van der Waals surface area contributed by atoms with Crippen LogP contribution in [-0.2, 0) is 16.0 Å². The van der Waals surface area contributed by atoms with Gasteiger partial charge in [-0.25, -0.2) is 4.98 Å². The van der Waals surface area contributed by atoms with Gasteiger partial charge >= 0.3 is 0 Å². The quantitative estimate of drug-likeness (QED) is 0.521. The first-order chi connectivity index (χ1) is 15.8. The van der Waals surface area contributed by atoms with E-state index in [2.05, 4.69) is 23.2 Å². The molecule has 0 bridgehead atoms. The van der Waals surface area contributed by atoms with Crippen LogP contribution in [0.3, 0.4) is 0 Å². The van der Waals surface area contributed by atoms with Crippen molar-refractivity contribution in [3.63, 3.8) is 0 Å². The van der Waals surface area contributed by atoms with E-state index in [0.29, 0.717) is 6.42 Å². The average Bonchev–Trinajstić information content (AvgIpc) is 3.22. The normalized spacial score (nSPS) is 14.9. The summed E-state index contributed by atoms with van der Waals surface area (Å²) in [4.78, 5) is 30.8. The van der Waals surface area contributed by atoms with Crippen LogP contribution in [0.5, 0.6) is 5.75 Å². The van der Waals surface area contributed by atoms with Gasteiger partial charge in [-0.1, -0.05) is 33.8 Å². The SMILES string of the molecule is CC(C)C(=O)Cc1ccc2c(ccn2-c2ccc(OC3CCN(C(=O)C(C)C)CC3)cn2)c1. The van der Waals surface area contributed by atoms with E-state index in [1.54, 1.807) is 6.20 Å². The van der Waals surface area contributed by atoms with Crippen LogP contribution in [0.2, 0.25) is 0 Å². The zero-order valence-electron chi connectivity index (χ0n) is 20.0. The smallest absolute Gasteiger partial charge is 0.225 e. The number of carbonyl (C=O) groups excluding carboxylic acids is 2. The minimum Gasteiger partial charge on any atom is -0.489 e. The number of fused-ring (bicyclic) bond motifs is 1. The molecule has 0 N–H and O–H groups in total.